The van der Waals surface area contributed by atoms with Crippen LogP contribution in [0.2, 0.25) is 0 Å². The summed E-state index contributed by atoms with van der Waals surface area (Å²) in [5, 5.41) is 9.55. The highest BCUT2D eigenvalue weighted by molar-refractivity contribution is 7.99. The Morgan fingerprint density at radius 3 is 3.08 bits per heavy atom. The lowest BCUT2D eigenvalue weighted by molar-refractivity contribution is -0.127. The quantitative estimate of drug-likeness (QED) is 0.479. The third-order valence-electron chi connectivity index (χ3n) is 3.37. The molecule has 24 heavy (non-hydrogen) atoms. The SMILES string of the molecule is C=CCn1cnnc1SCC(=O)N(C)Cc1nc2ccccc2s1. The second-order valence-corrected chi connectivity index (χ2v) is 7.23. The Bertz CT molecular complexity index is 824. The molecular weight excluding hydrogens is 342 g/mol. The molecule has 0 bridgehead atoms. The minimum atomic E-state index is 0.0346. The number of nitrogens with zero attached hydrogens (tertiary/aromatic N) is 5. The molecule has 3 rings (SSSR count). The van der Waals surface area contributed by atoms with E-state index in [9.17, 15) is 4.79 Å². The van der Waals surface area contributed by atoms with Gasteiger partial charge in [-0.2, -0.15) is 0 Å². The van der Waals surface area contributed by atoms with E-state index in [1.165, 1.54) is 11.8 Å². The van der Waals surface area contributed by atoms with E-state index in [0.717, 1.165) is 20.4 Å². The molecule has 124 valence electrons. The number of thioether (sulfide) groups is 1. The summed E-state index contributed by atoms with van der Waals surface area (Å²) in [7, 11) is 1.80. The number of carbonyl (C=O) groups excluding carboxylic acids is 1. The van der Waals surface area contributed by atoms with Crippen molar-refractivity contribution in [1.82, 2.24) is 24.6 Å². The second kappa shape index (κ2) is 7.59. The summed E-state index contributed by atoms with van der Waals surface area (Å²) >= 11 is 3.00. The molecule has 1 amide bonds. The van der Waals surface area contributed by atoms with Gasteiger partial charge in [0.1, 0.15) is 11.3 Å². The summed E-state index contributed by atoms with van der Waals surface area (Å²) in [6.07, 6.45) is 3.41. The van der Waals surface area contributed by atoms with Crippen molar-refractivity contribution < 1.29 is 4.79 Å². The number of carbonyl (C=O) groups is 1. The zero-order valence-electron chi connectivity index (χ0n) is 13.3. The normalized spacial score (nSPS) is 10.9. The predicted octanol–water partition coefficient (Wildman–Crippen LogP) is 2.82. The van der Waals surface area contributed by atoms with Gasteiger partial charge in [-0.3, -0.25) is 4.79 Å². The fourth-order valence-electron chi connectivity index (χ4n) is 2.14. The van der Waals surface area contributed by atoms with E-state index in [1.54, 1.807) is 35.7 Å². The number of para-hydroxylation sites is 1. The van der Waals surface area contributed by atoms with Crippen LogP contribution in [0.4, 0.5) is 0 Å². The van der Waals surface area contributed by atoms with Gasteiger partial charge in [-0.1, -0.05) is 30.0 Å². The van der Waals surface area contributed by atoms with E-state index in [1.807, 2.05) is 28.8 Å². The lowest BCUT2D eigenvalue weighted by atomic mass is 10.3. The maximum Gasteiger partial charge on any atom is 0.233 e. The first kappa shape index (κ1) is 16.7. The van der Waals surface area contributed by atoms with Crippen LogP contribution in [0.3, 0.4) is 0 Å². The van der Waals surface area contributed by atoms with Crippen LogP contribution in [-0.4, -0.2) is 43.4 Å². The van der Waals surface area contributed by atoms with Crippen LogP contribution in [0, 0.1) is 0 Å². The van der Waals surface area contributed by atoms with Crippen LogP contribution in [0.25, 0.3) is 10.2 Å². The Kier molecular flexibility index (Phi) is 5.27. The molecule has 1 aromatic carbocycles. The van der Waals surface area contributed by atoms with Gasteiger partial charge in [-0.05, 0) is 12.1 Å². The number of aromatic nitrogens is 4. The Hall–Kier alpha value is -2.19. The minimum Gasteiger partial charge on any atom is -0.338 e. The van der Waals surface area contributed by atoms with Crippen LogP contribution >= 0.6 is 23.1 Å². The van der Waals surface area contributed by atoms with Gasteiger partial charge in [-0.15, -0.1) is 28.1 Å². The number of benzene rings is 1. The average Bonchev–Trinajstić information content (AvgIpc) is 3.18. The molecule has 0 fully saturated rings. The molecule has 0 spiro atoms. The van der Waals surface area contributed by atoms with Gasteiger partial charge in [0.05, 0.1) is 22.5 Å². The van der Waals surface area contributed by atoms with Gasteiger partial charge >= 0.3 is 0 Å². The fourth-order valence-corrected chi connectivity index (χ4v) is 4.02. The molecule has 3 aromatic rings. The predicted molar refractivity (Wildman–Crippen MR) is 97.0 cm³/mol. The van der Waals surface area contributed by atoms with Crippen molar-refractivity contribution in [3.05, 3.63) is 48.3 Å². The Labute approximate surface area is 148 Å². The minimum absolute atomic E-state index is 0.0346. The van der Waals surface area contributed by atoms with Crippen molar-refractivity contribution in [2.24, 2.45) is 0 Å². The molecule has 6 nitrogen and oxygen atoms in total. The van der Waals surface area contributed by atoms with Crippen LogP contribution < -0.4 is 0 Å². The van der Waals surface area contributed by atoms with Gasteiger partial charge in [0.25, 0.3) is 0 Å². The lowest BCUT2D eigenvalue weighted by Gasteiger charge is -2.15. The summed E-state index contributed by atoms with van der Waals surface area (Å²) in [5.41, 5.74) is 0.977. The van der Waals surface area contributed by atoms with E-state index in [-0.39, 0.29) is 5.91 Å². The maximum absolute atomic E-state index is 12.3. The second-order valence-electron chi connectivity index (χ2n) is 5.17. The number of allylic oxidation sites excluding steroid dienone is 1. The van der Waals surface area contributed by atoms with Crippen molar-refractivity contribution >= 4 is 39.2 Å². The number of amides is 1. The standard InChI is InChI=1S/C16H17N5OS2/c1-3-8-21-11-17-19-16(21)23-10-15(22)20(2)9-14-18-12-6-4-5-7-13(12)24-14/h3-7,11H,1,8-10H2,2H3. The number of thiazole rings is 1. The zero-order valence-corrected chi connectivity index (χ0v) is 14.9. The number of fused-ring (bicyclic) bond motifs is 1. The van der Waals surface area contributed by atoms with Crippen molar-refractivity contribution in [3.8, 4) is 0 Å². The summed E-state index contributed by atoms with van der Waals surface area (Å²) in [6, 6.07) is 7.99. The summed E-state index contributed by atoms with van der Waals surface area (Å²) in [6.45, 7) is 4.84. The Balaban J connectivity index is 1.58. The average molecular weight is 359 g/mol. The highest BCUT2D eigenvalue weighted by atomic mass is 32.2. The van der Waals surface area contributed by atoms with Crippen LogP contribution in [0.15, 0.2) is 48.4 Å². The third-order valence-corrected chi connectivity index (χ3v) is 5.35. The first-order valence-corrected chi connectivity index (χ1v) is 9.17. The summed E-state index contributed by atoms with van der Waals surface area (Å²) < 4.78 is 3.00. The number of hydrogen-bond donors (Lipinski definition) is 0. The van der Waals surface area contributed by atoms with Crippen molar-refractivity contribution in [3.63, 3.8) is 0 Å². The van der Waals surface area contributed by atoms with Crippen molar-refractivity contribution in [1.29, 1.82) is 0 Å². The first-order valence-electron chi connectivity index (χ1n) is 7.37. The van der Waals surface area contributed by atoms with E-state index >= 15 is 0 Å². The van der Waals surface area contributed by atoms with Gasteiger partial charge in [0.2, 0.25) is 5.91 Å². The maximum atomic E-state index is 12.3. The molecule has 0 saturated heterocycles. The van der Waals surface area contributed by atoms with E-state index in [4.69, 9.17) is 0 Å². The van der Waals surface area contributed by atoms with E-state index < -0.39 is 0 Å². The molecule has 2 heterocycles. The molecule has 0 unspecified atom stereocenters. The Morgan fingerprint density at radius 2 is 2.29 bits per heavy atom. The molecule has 0 saturated carbocycles. The molecule has 0 radical (unpaired) electrons. The molecule has 0 atom stereocenters. The smallest absolute Gasteiger partial charge is 0.233 e. The van der Waals surface area contributed by atoms with Crippen LogP contribution in [0.1, 0.15) is 5.01 Å². The highest BCUT2D eigenvalue weighted by Gasteiger charge is 2.14. The number of hydrogen-bond acceptors (Lipinski definition) is 6. The van der Waals surface area contributed by atoms with Gasteiger partial charge < -0.3 is 9.47 Å². The summed E-state index contributed by atoms with van der Waals surface area (Å²) in [4.78, 5) is 18.6. The van der Waals surface area contributed by atoms with Gasteiger partial charge in [0.15, 0.2) is 5.16 Å². The molecule has 2 aromatic heterocycles. The van der Waals surface area contributed by atoms with Gasteiger partial charge in [-0.25, -0.2) is 4.98 Å². The molecule has 0 N–H and O–H groups in total. The van der Waals surface area contributed by atoms with Crippen LogP contribution in [0.5, 0.6) is 0 Å². The molecule has 0 aliphatic rings. The van der Waals surface area contributed by atoms with E-state index in [2.05, 4.69) is 21.8 Å². The fraction of sp³-hybridized carbons (Fsp3) is 0.250. The summed E-state index contributed by atoms with van der Waals surface area (Å²) in [5.74, 6) is 0.351. The number of rotatable bonds is 7. The molecule has 8 heteroatoms. The Morgan fingerprint density at radius 1 is 1.46 bits per heavy atom. The first-order chi connectivity index (χ1) is 11.7. The lowest BCUT2D eigenvalue weighted by Crippen LogP contribution is -2.27. The molecule has 0 aliphatic heterocycles. The topological polar surface area (TPSA) is 63.9 Å². The monoisotopic (exact) mass is 359 g/mol. The van der Waals surface area contributed by atoms with Crippen molar-refractivity contribution in [2.45, 2.75) is 18.2 Å². The zero-order chi connectivity index (χ0) is 16.9. The van der Waals surface area contributed by atoms with Crippen molar-refractivity contribution in [2.75, 3.05) is 12.8 Å². The largest absolute Gasteiger partial charge is 0.338 e. The van der Waals surface area contributed by atoms with E-state index in [0.29, 0.717) is 18.8 Å². The molecule has 0 aliphatic carbocycles. The van der Waals surface area contributed by atoms with Gasteiger partial charge in [0, 0.05) is 13.6 Å². The third kappa shape index (κ3) is 3.82. The molecular formula is C16H17N5OS2. The highest BCUT2D eigenvalue weighted by Crippen LogP contribution is 2.23. The van der Waals surface area contributed by atoms with Crippen LogP contribution in [-0.2, 0) is 17.9 Å².